The molecule has 4 aromatic rings. The van der Waals surface area contributed by atoms with E-state index in [9.17, 15) is 15.2 Å². The van der Waals surface area contributed by atoms with Gasteiger partial charge in [0.1, 0.15) is 6.33 Å². The van der Waals surface area contributed by atoms with Gasteiger partial charge in [-0.2, -0.15) is 15.3 Å². The predicted molar refractivity (Wildman–Crippen MR) is 153 cm³/mol. The minimum Gasteiger partial charge on any atom is -0.390 e. The van der Waals surface area contributed by atoms with Gasteiger partial charge in [0, 0.05) is 18.0 Å². The van der Waals surface area contributed by atoms with Crippen LogP contribution in [0.2, 0.25) is 0 Å². The molecule has 2 heterocycles. The fraction of sp³-hybridized carbons (Fsp3) is 0.375. The van der Waals surface area contributed by atoms with Crippen LogP contribution in [0, 0.1) is 11.3 Å². The predicted octanol–water partition coefficient (Wildman–Crippen LogP) is 5.79. The van der Waals surface area contributed by atoms with Gasteiger partial charge in [0.15, 0.2) is 0 Å². The monoisotopic (exact) mass is 521 g/mol. The third-order valence-electron chi connectivity index (χ3n) is 8.07. The maximum Gasteiger partial charge on any atom is 0.259 e. The summed E-state index contributed by atoms with van der Waals surface area (Å²) in [6.07, 6.45) is 9.69. The molecule has 5 rings (SSSR count). The third-order valence-corrected chi connectivity index (χ3v) is 8.07. The first-order chi connectivity index (χ1) is 19.0. The van der Waals surface area contributed by atoms with Crippen LogP contribution in [0.1, 0.15) is 80.3 Å². The standard InChI is InChI=1S/C32H35N5O2/c1-3-5-17-32(39)18-15-26(16-19-32)36-30(38)28(29(8-4-2)37-31(36)34-22-35-37)20-23-11-13-24(14-12-23)27-10-7-6-9-25(27)21-33/h3,6-7,9-14,22,26,39H,1,4-5,8,15-20H2,2H3/t26-,32-. The Morgan fingerprint density at radius 1 is 1.18 bits per heavy atom. The Morgan fingerprint density at radius 3 is 2.62 bits per heavy atom. The lowest BCUT2D eigenvalue weighted by Gasteiger charge is -2.36. The zero-order valence-electron chi connectivity index (χ0n) is 22.5. The number of nitrogens with zero attached hydrogens (tertiary/aromatic N) is 5. The second-order valence-electron chi connectivity index (χ2n) is 10.6. The van der Waals surface area contributed by atoms with Crippen LogP contribution in [-0.2, 0) is 12.8 Å². The van der Waals surface area contributed by atoms with Gasteiger partial charge >= 0.3 is 0 Å². The lowest BCUT2D eigenvalue weighted by atomic mass is 9.79. The van der Waals surface area contributed by atoms with Crippen LogP contribution >= 0.6 is 0 Å². The van der Waals surface area contributed by atoms with Crippen LogP contribution in [0.4, 0.5) is 0 Å². The Labute approximate surface area is 229 Å². The maximum atomic E-state index is 14.2. The summed E-state index contributed by atoms with van der Waals surface area (Å²) >= 11 is 0. The first kappa shape index (κ1) is 26.6. The summed E-state index contributed by atoms with van der Waals surface area (Å²) in [6, 6.07) is 17.9. The number of aromatic nitrogens is 4. The molecule has 0 amide bonds. The normalized spacial score (nSPS) is 19.2. The highest BCUT2D eigenvalue weighted by molar-refractivity contribution is 5.70. The topological polar surface area (TPSA) is 96.2 Å². The van der Waals surface area contributed by atoms with Gasteiger partial charge in [-0.15, -0.1) is 6.58 Å². The fourth-order valence-corrected chi connectivity index (χ4v) is 5.94. The second-order valence-corrected chi connectivity index (χ2v) is 10.6. The van der Waals surface area contributed by atoms with Crippen molar-refractivity contribution in [2.24, 2.45) is 0 Å². The molecule has 1 fully saturated rings. The minimum absolute atomic E-state index is 0.0145. The molecule has 200 valence electrons. The van der Waals surface area contributed by atoms with Crippen molar-refractivity contribution < 1.29 is 5.11 Å². The zero-order chi connectivity index (χ0) is 27.4. The highest BCUT2D eigenvalue weighted by atomic mass is 16.3. The van der Waals surface area contributed by atoms with E-state index in [0.29, 0.717) is 37.0 Å². The van der Waals surface area contributed by atoms with Crippen molar-refractivity contribution in [2.75, 3.05) is 0 Å². The summed E-state index contributed by atoms with van der Waals surface area (Å²) in [4.78, 5) is 18.7. The quantitative estimate of drug-likeness (QED) is 0.282. The second kappa shape index (κ2) is 11.4. The fourth-order valence-electron chi connectivity index (χ4n) is 5.94. The van der Waals surface area contributed by atoms with E-state index in [1.165, 1.54) is 6.33 Å². The van der Waals surface area contributed by atoms with Crippen molar-refractivity contribution in [3.63, 3.8) is 0 Å². The van der Waals surface area contributed by atoms with Gasteiger partial charge in [-0.25, -0.2) is 4.52 Å². The van der Waals surface area contributed by atoms with Gasteiger partial charge in [0.2, 0.25) is 5.78 Å². The van der Waals surface area contributed by atoms with E-state index in [2.05, 4.69) is 29.7 Å². The number of nitriles is 1. The number of rotatable bonds is 9. The lowest BCUT2D eigenvalue weighted by Crippen LogP contribution is -2.39. The van der Waals surface area contributed by atoms with E-state index < -0.39 is 5.60 Å². The Hall–Kier alpha value is -4.02. The molecule has 1 aliphatic rings. The van der Waals surface area contributed by atoms with Crippen LogP contribution in [0.15, 0.2) is 72.3 Å². The Kier molecular flexibility index (Phi) is 7.76. The summed E-state index contributed by atoms with van der Waals surface area (Å²) in [5.41, 5.74) is 4.47. The summed E-state index contributed by atoms with van der Waals surface area (Å²) in [5.74, 6) is 0.581. The molecular weight excluding hydrogens is 486 g/mol. The number of fused-ring (bicyclic) bond motifs is 1. The Bertz CT molecular complexity index is 1570. The summed E-state index contributed by atoms with van der Waals surface area (Å²) < 4.78 is 3.67. The number of aryl methyl sites for hydroxylation is 1. The summed E-state index contributed by atoms with van der Waals surface area (Å²) in [5, 5.41) is 25.0. The molecule has 0 saturated heterocycles. The summed E-state index contributed by atoms with van der Waals surface area (Å²) in [7, 11) is 0. The SMILES string of the molecule is C=CCC[C@]1(O)CC[C@H](n2c(=O)c(Cc3ccc(-c4ccccc4C#N)cc3)c(CCC)n3ncnc32)CC1. The Morgan fingerprint density at radius 2 is 1.92 bits per heavy atom. The molecule has 1 N–H and O–H groups in total. The van der Waals surface area contributed by atoms with Gasteiger partial charge < -0.3 is 5.11 Å². The molecule has 2 aromatic heterocycles. The number of benzene rings is 2. The van der Waals surface area contributed by atoms with Crippen molar-refractivity contribution >= 4 is 5.78 Å². The largest absolute Gasteiger partial charge is 0.390 e. The van der Waals surface area contributed by atoms with Crippen LogP contribution in [0.3, 0.4) is 0 Å². The van der Waals surface area contributed by atoms with Gasteiger partial charge in [0.25, 0.3) is 5.56 Å². The van der Waals surface area contributed by atoms with Crippen molar-refractivity contribution in [1.82, 2.24) is 19.2 Å². The van der Waals surface area contributed by atoms with E-state index in [1.807, 2.05) is 63.7 Å². The van der Waals surface area contributed by atoms with Gasteiger partial charge in [-0.3, -0.25) is 9.36 Å². The average molecular weight is 522 g/mol. The van der Waals surface area contributed by atoms with E-state index in [0.717, 1.165) is 60.1 Å². The molecule has 0 radical (unpaired) electrons. The first-order valence-electron chi connectivity index (χ1n) is 13.9. The number of hydrogen-bond donors (Lipinski definition) is 1. The molecule has 0 aliphatic heterocycles. The molecule has 0 atom stereocenters. The highest BCUT2D eigenvalue weighted by Crippen LogP contribution is 2.38. The van der Waals surface area contributed by atoms with Crippen molar-refractivity contribution in [3.8, 4) is 17.2 Å². The van der Waals surface area contributed by atoms with Crippen LogP contribution in [0.5, 0.6) is 0 Å². The molecule has 7 heteroatoms. The van der Waals surface area contributed by atoms with Crippen LogP contribution in [0.25, 0.3) is 16.9 Å². The van der Waals surface area contributed by atoms with Crippen LogP contribution in [-0.4, -0.2) is 29.9 Å². The van der Waals surface area contributed by atoms with Gasteiger partial charge in [0.05, 0.1) is 22.9 Å². The first-order valence-corrected chi connectivity index (χ1v) is 13.9. The van der Waals surface area contributed by atoms with E-state index in [4.69, 9.17) is 0 Å². The Balaban J connectivity index is 1.50. The number of hydrogen-bond acceptors (Lipinski definition) is 5. The van der Waals surface area contributed by atoms with Crippen molar-refractivity contribution in [2.45, 2.75) is 76.4 Å². The molecule has 0 bridgehead atoms. The highest BCUT2D eigenvalue weighted by Gasteiger charge is 2.35. The summed E-state index contributed by atoms with van der Waals surface area (Å²) in [6.45, 7) is 5.89. The zero-order valence-corrected chi connectivity index (χ0v) is 22.5. The number of aliphatic hydroxyl groups is 1. The van der Waals surface area contributed by atoms with Gasteiger partial charge in [-0.05, 0) is 67.7 Å². The average Bonchev–Trinajstić information content (AvgIpc) is 3.45. The molecule has 0 unspecified atom stereocenters. The van der Waals surface area contributed by atoms with E-state index in [1.54, 1.807) is 0 Å². The van der Waals surface area contributed by atoms with Crippen molar-refractivity contribution in [3.05, 3.63) is 100 Å². The van der Waals surface area contributed by atoms with E-state index >= 15 is 0 Å². The smallest absolute Gasteiger partial charge is 0.259 e. The molecule has 0 spiro atoms. The molecule has 7 nitrogen and oxygen atoms in total. The van der Waals surface area contributed by atoms with Crippen LogP contribution < -0.4 is 5.56 Å². The van der Waals surface area contributed by atoms with Crippen molar-refractivity contribution in [1.29, 1.82) is 5.26 Å². The van der Waals surface area contributed by atoms with Gasteiger partial charge in [-0.1, -0.05) is 61.9 Å². The lowest BCUT2D eigenvalue weighted by molar-refractivity contribution is -0.0140. The maximum absolute atomic E-state index is 14.2. The number of allylic oxidation sites excluding steroid dienone is 1. The van der Waals surface area contributed by atoms with E-state index in [-0.39, 0.29) is 11.6 Å². The molecule has 1 saturated carbocycles. The third kappa shape index (κ3) is 5.30. The molecule has 1 aliphatic carbocycles. The molecular formula is C32H35N5O2. The molecule has 2 aromatic carbocycles. The molecule has 39 heavy (non-hydrogen) atoms. The minimum atomic E-state index is -0.699.